The van der Waals surface area contributed by atoms with Crippen LogP contribution < -0.4 is 5.32 Å². The van der Waals surface area contributed by atoms with E-state index in [-0.39, 0.29) is 0 Å². The second-order valence-corrected chi connectivity index (χ2v) is 6.03. The fraction of sp³-hybridized carbons (Fsp3) is 0.833. The Labute approximate surface area is 113 Å². The molecule has 18 heavy (non-hydrogen) atoms. The lowest BCUT2D eigenvalue weighted by molar-refractivity contribution is 0.156. The summed E-state index contributed by atoms with van der Waals surface area (Å²) < 4.78 is 4.01. The third kappa shape index (κ3) is 3.63. The fourth-order valence-electron chi connectivity index (χ4n) is 2.56. The maximum Gasteiger partial charge on any atom is 0.134 e. The van der Waals surface area contributed by atoms with Crippen molar-refractivity contribution in [3.63, 3.8) is 0 Å². The highest BCUT2D eigenvalue weighted by Gasteiger charge is 2.21. The van der Waals surface area contributed by atoms with Gasteiger partial charge in [-0.15, -0.1) is 5.10 Å². The molecule has 2 rings (SSSR count). The normalized spacial score (nSPS) is 18.4. The van der Waals surface area contributed by atoms with Crippen LogP contribution >= 0.6 is 11.5 Å². The molecule has 0 saturated carbocycles. The van der Waals surface area contributed by atoms with Crippen molar-refractivity contribution in [2.24, 2.45) is 5.92 Å². The van der Waals surface area contributed by atoms with Crippen LogP contribution in [0, 0.1) is 5.92 Å². The Balaban J connectivity index is 1.80. The summed E-state index contributed by atoms with van der Waals surface area (Å²) in [4.78, 5) is 4.79. The van der Waals surface area contributed by atoms with Gasteiger partial charge in [-0.25, -0.2) is 0 Å². The second kappa shape index (κ2) is 6.45. The lowest BCUT2D eigenvalue weighted by Crippen LogP contribution is -2.36. The van der Waals surface area contributed by atoms with Crippen molar-refractivity contribution >= 4 is 16.5 Å². The molecule has 1 aliphatic rings. The summed E-state index contributed by atoms with van der Waals surface area (Å²) in [5.74, 6) is 0.855. The third-order valence-electron chi connectivity index (χ3n) is 3.49. The van der Waals surface area contributed by atoms with Gasteiger partial charge in [0.15, 0.2) is 0 Å². The van der Waals surface area contributed by atoms with Gasteiger partial charge in [0.2, 0.25) is 0 Å². The summed E-state index contributed by atoms with van der Waals surface area (Å²) >= 11 is 1.44. The Bertz CT molecular complexity index is 357. The van der Waals surface area contributed by atoms with Crippen LogP contribution in [0.2, 0.25) is 0 Å². The zero-order valence-electron chi connectivity index (χ0n) is 11.5. The zero-order chi connectivity index (χ0) is 13.0. The van der Waals surface area contributed by atoms with Crippen molar-refractivity contribution in [2.75, 3.05) is 46.1 Å². The Morgan fingerprint density at radius 1 is 1.39 bits per heavy atom. The standard InChI is InChI=1S/C12H23N5S/c1-13-12-11(14-15-18-12)9-17-6-4-10(5-7-17)8-16(2)3/h10,13H,4-9H2,1-3H3. The summed E-state index contributed by atoms with van der Waals surface area (Å²) in [7, 11) is 6.25. The first-order valence-corrected chi connectivity index (χ1v) is 7.32. The van der Waals surface area contributed by atoms with Crippen molar-refractivity contribution in [3.05, 3.63) is 5.69 Å². The minimum absolute atomic E-state index is 0.855. The molecular formula is C12H23N5S. The van der Waals surface area contributed by atoms with Gasteiger partial charge in [0.1, 0.15) is 10.7 Å². The van der Waals surface area contributed by atoms with E-state index in [0.29, 0.717) is 0 Å². The van der Waals surface area contributed by atoms with E-state index in [1.165, 1.54) is 44.0 Å². The van der Waals surface area contributed by atoms with Crippen molar-refractivity contribution in [1.82, 2.24) is 19.4 Å². The van der Waals surface area contributed by atoms with Crippen LogP contribution in [0.5, 0.6) is 0 Å². The lowest BCUT2D eigenvalue weighted by Gasteiger charge is -2.32. The number of rotatable bonds is 5. The molecule has 0 atom stereocenters. The molecule has 0 aromatic carbocycles. The second-order valence-electron chi connectivity index (χ2n) is 5.28. The van der Waals surface area contributed by atoms with Gasteiger partial charge in [0.25, 0.3) is 0 Å². The first kappa shape index (κ1) is 13.7. The number of nitrogens with one attached hydrogen (secondary N) is 1. The number of piperidine rings is 1. The Morgan fingerprint density at radius 2 is 2.11 bits per heavy atom. The van der Waals surface area contributed by atoms with Crippen LogP contribution in [-0.4, -0.2) is 60.2 Å². The van der Waals surface area contributed by atoms with E-state index in [2.05, 4.69) is 38.8 Å². The molecule has 0 spiro atoms. The minimum Gasteiger partial charge on any atom is -0.377 e. The zero-order valence-corrected chi connectivity index (χ0v) is 12.3. The number of likely N-dealkylation sites (tertiary alicyclic amines) is 1. The summed E-state index contributed by atoms with van der Waals surface area (Å²) in [6.45, 7) is 4.51. The number of hydrogen-bond acceptors (Lipinski definition) is 6. The molecule has 1 saturated heterocycles. The van der Waals surface area contributed by atoms with E-state index in [1.807, 2.05) is 7.05 Å². The molecule has 1 N–H and O–H groups in total. The molecule has 0 unspecified atom stereocenters. The van der Waals surface area contributed by atoms with Gasteiger partial charge in [-0.05, 0) is 45.9 Å². The SMILES string of the molecule is CNc1snnc1CN1CCC(CN(C)C)CC1. The van der Waals surface area contributed by atoms with Crippen molar-refractivity contribution in [1.29, 1.82) is 0 Å². The summed E-state index contributed by atoms with van der Waals surface area (Å²) in [6.07, 6.45) is 2.59. The topological polar surface area (TPSA) is 44.3 Å². The van der Waals surface area contributed by atoms with E-state index >= 15 is 0 Å². The van der Waals surface area contributed by atoms with Crippen LogP contribution in [0.1, 0.15) is 18.5 Å². The van der Waals surface area contributed by atoms with Crippen LogP contribution in [0.25, 0.3) is 0 Å². The molecule has 102 valence electrons. The van der Waals surface area contributed by atoms with Gasteiger partial charge in [-0.2, -0.15) is 0 Å². The maximum absolute atomic E-state index is 4.20. The average molecular weight is 269 g/mol. The molecule has 0 bridgehead atoms. The summed E-state index contributed by atoms with van der Waals surface area (Å²) in [5.41, 5.74) is 1.09. The van der Waals surface area contributed by atoms with Crippen LogP contribution in [0.3, 0.4) is 0 Å². The largest absolute Gasteiger partial charge is 0.377 e. The van der Waals surface area contributed by atoms with Gasteiger partial charge >= 0.3 is 0 Å². The van der Waals surface area contributed by atoms with Gasteiger partial charge in [0, 0.05) is 31.7 Å². The number of hydrogen-bond donors (Lipinski definition) is 1. The van der Waals surface area contributed by atoms with Crippen LogP contribution in [-0.2, 0) is 6.54 Å². The summed E-state index contributed by atoms with van der Waals surface area (Å²) in [6, 6.07) is 0. The highest BCUT2D eigenvalue weighted by atomic mass is 32.1. The molecule has 6 heteroatoms. The predicted molar refractivity (Wildman–Crippen MR) is 76.0 cm³/mol. The Hall–Kier alpha value is -0.720. The molecule has 1 aliphatic heterocycles. The van der Waals surface area contributed by atoms with Crippen LogP contribution in [0.4, 0.5) is 5.00 Å². The fourth-order valence-corrected chi connectivity index (χ4v) is 3.08. The summed E-state index contributed by atoms with van der Waals surface area (Å²) in [5, 5.41) is 8.47. The monoisotopic (exact) mass is 269 g/mol. The molecule has 0 radical (unpaired) electrons. The van der Waals surface area contributed by atoms with E-state index in [1.54, 1.807) is 0 Å². The number of nitrogens with zero attached hydrogens (tertiary/aromatic N) is 4. The van der Waals surface area contributed by atoms with E-state index in [0.717, 1.165) is 23.2 Å². The van der Waals surface area contributed by atoms with E-state index in [4.69, 9.17) is 0 Å². The highest BCUT2D eigenvalue weighted by molar-refractivity contribution is 7.10. The Kier molecular flexibility index (Phi) is 4.91. The third-order valence-corrected chi connectivity index (χ3v) is 4.27. The minimum atomic E-state index is 0.855. The number of aromatic nitrogens is 2. The van der Waals surface area contributed by atoms with E-state index in [9.17, 15) is 0 Å². The molecule has 0 amide bonds. The molecule has 5 nitrogen and oxygen atoms in total. The molecule has 1 fully saturated rings. The Morgan fingerprint density at radius 3 is 2.72 bits per heavy atom. The quantitative estimate of drug-likeness (QED) is 0.874. The maximum atomic E-state index is 4.20. The van der Waals surface area contributed by atoms with Gasteiger partial charge in [0.05, 0.1) is 0 Å². The van der Waals surface area contributed by atoms with Crippen molar-refractivity contribution in [2.45, 2.75) is 19.4 Å². The first-order valence-electron chi connectivity index (χ1n) is 6.55. The van der Waals surface area contributed by atoms with E-state index < -0.39 is 0 Å². The highest BCUT2D eigenvalue weighted by Crippen LogP contribution is 2.22. The van der Waals surface area contributed by atoms with Gasteiger partial charge in [-0.3, -0.25) is 4.90 Å². The first-order chi connectivity index (χ1) is 8.69. The van der Waals surface area contributed by atoms with Gasteiger partial charge < -0.3 is 10.2 Å². The van der Waals surface area contributed by atoms with Crippen molar-refractivity contribution in [3.8, 4) is 0 Å². The molecule has 1 aromatic rings. The average Bonchev–Trinajstić information content (AvgIpc) is 2.78. The van der Waals surface area contributed by atoms with Gasteiger partial charge in [-0.1, -0.05) is 4.49 Å². The molecule has 2 heterocycles. The predicted octanol–water partition coefficient (Wildman–Crippen LogP) is 1.35. The lowest BCUT2D eigenvalue weighted by atomic mass is 9.96. The molecular weight excluding hydrogens is 246 g/mol. The number of anilines is 1. The molecule has 1 aromatic heterocycles. The molecule has 0 aliphatic carbocycles. The smallest absolute Gasteiger partial charge is 0.134 e. The van der Waals surface area contributed by atoms with Crippen molar-refractivity contribution < 1.29 is 0 Å². The van der Waals surface area contributed by atoms with Crippen LogP contribution in [0.15, 0.2) is 0 Å².